The number of carbonyl (C=O) groups excluding carboxylic acids is 2. The molecule has 2 aliphatic heterocycles. The molecule has 0 unspecified atom stereocenters. The Hall–Kier alpha value is -3.22. The molecule has 2 aliphatic rings. The van der Waals surface area contributed by atoms with Crippen molar-refractivity contribution in [3.8, 4) is 0 Å². The number of hydrazone groups is 1. The minimum atomic E-state index is -0.131. The highest BCUT2D eigenvalue weighted by Gasteiger charge is 2.29. The number of anilines is 1. The smallest absolute Gasteiger partial charge is 0.316 e. The number of carbonyl (C=O) groups is 2. The first-order valence-corrected chi connectivity index (χ1v) is 9.91. The molecule has 1 aromatic heterocycles. The standard InChI is InChI=1S/C22H25N5O2/c1-14(2)27-20(28)10-15(3)21(25-27)16-4-6-19(7-5-16)24-22(29)26-12-17-8-9-23-11-18(17)13-26/h4-9,11,14-15H,10,12-13H2,1-3H3,(H,24,29)/t15-/m0/s1. The Balaban J connectivity index is 1.45. The predicted octanol–water partition coefficient (Wildman–Crippen LogP) is 3.61. The molecular formula is C22H25N5O2. The molecule has 0 saturated heterocycles. The summed E-state index contributed by atoms with van der Waals surface area (Å²) in [5.41, 5.74) is 4.83. The fourth-order valence-electron chi connectivity index (χ4n) is 3.76. The summed E-state index contributed by atoms with van der Waals surface area (Å²) < 4.78 is 0. The Kier molecular flexibility index (Phi) is 5.05. The van der Waals surface area contributed by atoms with Gasteiger partial charge < -0.3 is 10.2 Å². The first-order chi connectivity index (χ1) is 13.9. The maximum atomic E-state index is 12.6. The van der Waals surface area contributed by atoms with Crippen LogP contribution in [0.15, 0.2) is 47.8 Å². The van der Waals surface area contributed by atoms with Gasteiger partial charge in [0.1, 0.15) is 0 Å². The van der Waals surface area contributed by atoms with Crippen LogP contribution in [-0.2, 0) is 17.9 Å². The number of nitrogens with one attached hydrogen (secondary N) is 1. The van der Waals surface area contributed by atoms with E-state index in [1.165, 1.54) is 0 Å². The van der Waals surface area contributed by atoms with Crippen LogP contribution in [0.4, 0.5) is 10.5 Å². The van der Waals surface area contributed by atoms with Crippen LogP contribution >= 0.6 is 0 Å². The normalized spacial score (nSPS) is 18.7. The number of hydrogen-bond acceptors (Lipinski definition) is 4. The van der Waals surface area contributed by atoms with Crippen LogP contribution < -0.4 is 5.32 Å². The lowest BCUT2D eigenvalue weighted by atomic mass is 9.93. The lowest BCUT2D eigenvalue weighted by molar-refractivity contribution is -0.134. The van der Waals surface area contributed by atoms with Crippen LogP contribution in [0.5, 0.6) is 0 Å². The van der Waals surface area contributed by atoms with Crippen LogP contribution in [0, 0.1) is 5.92 Å². The maximum Gasteiger partial charge on any atom is 0.322 e. The average Bonchev–Trinajstić information content (AvgIpc) is 3.13. The molecular weight excluding hydrogens is 366 g/mol. The highest BCUT2D eigenvalue weighted by atomic mass is 16.2. The maximum absolute atomic E-state index is 12.6. The molecule has 0 aliphatic carbocycles. The predicted molar refractivity (Wildman–Crippen MR) is 111 cm³/mol. The highest BCUT2D eigenvalue weighted by molar-refractivity contribution is 6.06. The molecule has 7 heteroatoms. The van der Waals surface area contributed by atoms with Gasteiger partial charge in [-0.3, -0.25) is 9.78 Å². The topological polar surface area (TPSA) is 77.9 Å². The second kappa shape index (κ2) is 7.66. The fraction of sp³-hybridized carbons (Fsp3) is 0.364. The van der Waals surface area contributed by atoms with Crippen molar-refractivity contribution in [2.24, 2.45) is 11.0 Å². The monoisotopic (exact) mass is 391 g/mol. The third-order valence-corrected chi connectivity index (χ3v) is 5.35. The van der Waals surface area contributed by atoms with E-state index in [0.29, 0.717) is 19.5 Å². The van der Waals surface area contributed by atoms with E-state index >= 15 is 0 Å². The largest absolute Gasteiger partial charge is 0.322 e. The van der Waals surface area contributed by atoms with Gasteiger partial charge in [-0.25, -0.2) is 9.80 Å². The molecule has 3 heterocycles. The van der Waals surface area contributed by atoms with Gasteiger partial charge in [-0.2, -0.15) is 5.10 Å². The molecule has 0 bridgehead atoms. The molecule has 0 spiro atoms. The van der Waals surface area contributed by atoms with E-state index in [-0.39, 0.29) is 23.9 Å². The number of rotatable bonds is 3. The van der Waals surface area contributed by atoms with Gasteiger partial charge in [0.2, 0.25) is 5.91 Å². The Morgan fingerprint density at radius 2 is 1.86 bits per heavy atom. The Morgan fingerprint density at radius 1 is 1.14 bits per heavy atom. The number of pyridine rings is 1. The van der Waals surface area contributed by atoms with Crippen molar-refractivity contribution >= 4 is 23.3 Å². The van der Waals surface area contributed by atoms with Gasteiger partial charge in [0.05, 0.1) is 5.71 Å². The van der Waals surface area contributed by atoms with E-state index in [9.17, 15) is 9.59 Å². The number of nitrogens with zero attached hydrogens (tertiary/aromatic N) is 4. The molecule has 2 aromatic rings. The summed E-state index contributed by atoms with van der Waals surface area (Å²) in [5.74, 6) is 0.122. The first-order valence-electron chi connectivity index (χ1n) is 9.91. The van der Waals surface area contributed by atoms with E-state index in [4.69, 9.17) is 0 Å². The van der Waals surface area contributed by atoms with Crippen molar-refractivity contribution in [2.45, 2.75) is 46.3 Å². The molecule has 150 valence electrons. The number of amides is 3. The zero-order valence-electron chi connectivity index (χ0n) is 16.9. The molecule has 1 N–H and O–H groups in total. The van der Waals surface area contributed by atoms with Gasteiger partial charge in [0.15, 0.2) is 0 Å². The third-order valence-electron chi connectivity index (χ3n) is 5.35. The van der Waals surface area contributed by atoms with Crippen LogP contribution in [0.1, 0.15) is 43.9 Å². The molecule has 3 amide bonds. The van der Waals surface area contributed by atoms with Crippen LogP contribution in [-0.4, -0.2) is 38.6 Å². The lowest BCUT2D eigenvalue weighted by Gasteiger charge is -2.30. The molecule has 7 nitrogen and oxygen atoms in total. The highest BCUT2D eigenvalue weighted by Crippen LogP contribution is 2.25. The fourth-order valence-corrected chi connectivity index (χ4v) is 3.76. The lowest BCUT2D eigenvalue weighted by Crippen LogP contribution is -2.40. The zero-order valence-corrected chi connectivity index (χ0v) is 16.9. The summed E-state index contributed by atoms with van der Waals surface area (Å²) in [4.78, 5) is 30.7. The van der Waals surface area contributed by atoms with Crippen LogP contribution in [0.25, 0.3) is 0 Å². The summed E-state index contributed by atoms with van der Waals surface area (Å²) in [6, 6.07) is 9.50. The molecule has 0 saturated carbocycles. The summed E-state index contributed by atoms with van der Waals surface area (Å²) in [6.45, 7) is 7.10. The van der Waals surface area contributed by atoms with Gasteiger partial charge in [0.25, 0.3) is 0 Å². The van der Waals surface area contributed by atoms with Crippen LogP contribution in [0.2, 0.25) is 0 Å². The summed E-state index contributed by atoms with van der Waals surface area (Å²) in [5, 5.41) is 9.11. The first kappa shape index (κ1) is 19.1. The van der Waals surface area contributed by atoms with E-state index < -0.39 is 0 Å². The third kappa shape index (κ3) is 3.85. The zero-order chi connectivity index (χ0) is 20.5. The van der Waals surface area contributed by atoms with Gasteiger partial charge >= 0.3 is 6.03 Å². The summed E-state index contributed by atoms with van der Waals surface area (Å²) in [7, 11) is 0. The van der Waals surface area contributed by atoms with Gasteiger partial charge in [-0.15, -0.1) is 0 Å². The average molecular weight is 391 g/mol. The van der Waals surface area contributed by atoms with E-state index in [1.807, 2.05) is 57.3 Å². The van der Waals surface area contributed by atoms with Gasteiger partial charge in [0, 0.05) is 49.6 Å². The van der Waals surface area contributed by atoms with Crippen molar-refractivity contribution in [1.82, 2.24) is 14.9 Å². The second-order valence-electron chi connectivity index (χ2n) is 7.93. The number of aromatic nitrogens is 1. The molecule has 29 heavy (non-hydrogen) atoms. The molecule has 0 radical (unpaired) electrons. The molecule has 1 aromatic carbocycles. The summed E-state index contributed by atoms with van der Waals surface area (Å²) in [6.07, 6.45) is 4.02. The number of urea groups is 1. The Labute approximate surface area is 170 Å². The van der Waals surface area contributed by atoms with Crippen molar-refractivity contribution in [1.29, 1.82) is 0 Å². The van der Waals surface area contributed by atoms with Crippen molar-refractivity contribution < 1.29 is 9.59 Å². The second-order valence-corrected chi connectivity index (χ2v) is 7.93. The SMILES string of the molecule is CC(C)N1N=C(c2ccc(NC(=O)N3Cc4ccncc4C3)cc2)[C@@H](C)CC1=O. The van der Waals surface area contributed by atoms with Crippen molar-refractivity contribution in [3.05, 3.63) is 59.4 Å². The Bertz CT molecular complexity index is 942. The van der Waals surface area contributed by atoms with E-state index in [2.05, 4.69) is 15.4 Å². The van der Waals surface area contributed by atoms with Crippen molar-refractivity contribution in [3.63, 3.8) is 0 Å². The van der Waals surface area contributed by atoms with Crippen molar-refractivity contribution in [2.75, 3.05) is 5.32 Å². The number of fused-ring (bicyclic) bond motifs is 1. The molecule has 1 atom stereocenters. The Morgan fingerprint density at radius 3 is 2.55 bits per heavy atom. The minimum absolute atomic E-state index is 0.0309. The quantitative estimate of drug-likeness (QED) is 0.868. The number of hydrogen-bond donors (Lipinski definition) is 1. The van der Waals surface area contributed by atoms with E-state index in [0.717, 1.165) is 28.1 Å². The van der Waals surface area contributed by atoms with Gasteiger partial charge in [-0.05, 0) is 48.7 Å². The summed E-state index contributed by atoms with van der Waals surface area (Å²) >= 11 is 0. The molecule has 0 fully saturated rings. The van der Waals surface area contributed by atoms with Crippen LogP contribution in [0.3, 0.4) is 0 Å². The van der Waals surface area contributed by atoms with E-state index in [1.54, 1.807) is 16.1 Å². The molecule has 4 rings (SSSR count). The van der Waals surface area contributed by atoms with Gasteiger partial charge in [-0.1, -0.05) is 19.1 Å². The number of benzene rings is 1. The minimum Gasteiger partial charge on any atom is -0.316 e.